The van der Waals surface area contributed by atoms with Crippen molar-refractivity contribution in [2.24, 2.45) is 0 Å². The molecule has 0 saturated carbocycles. The van der Waals surface area contributed by atoms with Crippen LogP contribution >= 0.6 is 0 Å². The average Bonchev–Trinajstić information content (AvgIpc) is 2.64. The molecule has 144 valence electrons. The number of anilines is 1. The second-order valence-corrected chi connectivity index (χ2v) is 5.27. The first-order chi connectivity index (χ1) is 12.8. The number of hydrogen-bond acceptors (Lipinski definition) is 5. The van der Waals surface area contributed by atoms with Gasteiger partial charge in [0.25, 0.3) is 5.91 Å². The van der Waals surface area contributed by atoms with Crippen molar-refractivity contribution >= 4 is 17.6 Å². The summed E-state index contributed by atoms with van der Waals surface area (Å²) in [5.74, 6) is -0.595. The van der Waals surface area contributed by atoms with Crippen molar-refractivity contribution in [3.63, 3.8) is 0 Å². The molecule has 2 rings (SSSR count). The van der Waals surface area contributed by atoms with Gasteiger partial charge < -0.3 is 15.5 Å². The summed E-state index contributed by atoms with van der Waals surface area (Å²) in [6.07, 6.45) is -3.27. The van der Waals surface area contributed by atoms with Gasteiger partial charge in [0.1, 0.15) is 5.82 Å². The van der Waals surface area contributed by atoms with Crippen LogP contribution in [0.5, 0.6) is 5.75 Å². The Labute approximate surface area is 152 Å². The fraction of sp³-hybridized carbons (Fsp3) is 0.235. The van der Waals surface area contributed by atoms with E-state index in [1.807, 2.05) is 0 Å². The van der Waals surface area contributed by atoms with Gasteiger partial charge in [-0.1, -0.05) is 23.9 Å². The van der Waals surface area contributed by atoms with Gasteiger partial charge in [0, 0.05) is 24.7 Å². The van der Waals surface area contributed by atoms with Crippen molar-refractivity contribution < 1.29 is 32.5 Å². The number of carbonyl (C=O) groups is 2. The van der Waals surface area contributed by atoms with Gasteiger partial charge in [-0.25, -0.2) is 4.98 Å². The summed E-state index contributed by atoms with van der Waals surface area (Å²) in [5.41, 5.74) is 0.768. The topological polar surface area (TPSA) is 89.6 Å². The van der Waals surface area contributed by atoms with Crippen molar-refractivity contribution in [1.82, 2.24) is 10.3 Å². The fourth-order valence-electron chi connectivity index (χ4n) is 1.96. The van der Waals surface area contributed by atoms with Crippen LogP contribution in [-0.2, 0) is 16.2 Å². The Morgan fingerprint density at radius 1 is 1.19 bits per heavy atom. The van der Waals surface area contributed by atoms with Gasteiger partial charge in [-0.3, -0.25) is 9.59 Å². The maximum Gasteiger partial charge on any atom is 0.558 e. The molecule has 0 bridgehead atoms. The Hall–Kier alpha value is -3.14. The minimum Gasteiger partial charge on any atom is -0.348 e. The van der Waals surface area contributed by atoms with Crippen molar-refractivity contribution in [2.75, 3.05) is 5.32 Å². The van der Waals surface area contributed by atoms with Crippen LogP contribution in [0.4, 0.5) is 19.0 Å². The molecule has 0 aliphatic heterocycles. The third-order valence-corrected chi connectivity index (χ3v) is 3.19. The van der Waals surface area contributed by atoms with Crippen LogP contribution in [-0.4, -0.2) is 23.2 Å². The molecule has 0 aliphatic rings. The fourth-order valence-corrected chi connectivity index (χ4v) is 1.96. The molecule has 1 aromatic heterocycles. The van der Waals surface area contributed by atoms with E-state index in [0.29, 0.717) is 5.56 Å². The predicted molar refractivity (Wildman–Crippen MR) is 88.5 cm³/mol. The second kappa shape index (κ2) is 8.99. The van der Waals surface area contributed by atoms with Gasteiger partial charge in [0.05, 0.1) is 0 Å². The monoisotopic (exact) mass is 383 g/mol. The highest BCUT2D eigenvalue weighted by Gasteiger charge is 2.32. The summed E-state index contributed by atoms with van der Waals surface area (Å²) < 4.78 is 35.9. The Morgan fingerprint density at radius 3 is 2.67 bits per heavy atom. The smallest absolute Gasteiger partial charge is 0.348 e. The molecule has 0 unspecified atom stereocenters. The Balaban J connectivity index is 1.95. The molecule has 2 aromatic rings. The van der Waals surface area contributed by atoms with Crippen LogP contribution in [0.3, 0.4) is 0 Å². The van der Waals surface area contributed by atoms with Gasteiger partial charge >= 0.3 is 6.36 Å². The first-order valence-electron chi connectivity index (χ1n) is 7.82. The molecule has 0 radical (unpaired) electrons. The first kappa shape index (κ1) is 20.2. The number of carbonyl (C=O) groups excluding carboxylic acids is 2. The molecule has 0 spiro atoms. The molecular formula is C17H16F3N3O4. The zero-order chi connectivity index (χ0) is 19.9. The quantitative estimate of drug-likeness (QED) is 0.566. The molecule has 2 N–H and O–H groups in total. The van der Waals surface area contributed by atoms with Gasteiger partial charge in [0.2, 0.25) is 5.91 Å². The molecule has 1 aromatic carbocycles. The Morgan fingerprint density at radius 2 is 1.96 bits per heavy atom. The van der Waals surface area contributed by atoms with Crippen LogP contribution in [0.25, 0.3) is 0 Å². The number of amides is 2. The van der Waals surface area contributed by atoms with Crippen LogP contribution in [0.1, 0.15) is 29.3 Å². The van der Waals surface area contributed by atoms with E-state index in [2.05, 4.69) is 25.4 Å². The van der Waals surface area contributed by atoms with Crippen LogP contribution < -0.4 is 15.5 Å². The highest BCUT2D eigenvalue weighted by atomic mass is 19.4. The molecule has 27 heavy (non-hydrogen) atoms. The van der Waals surface area contributed by atoms with Crippen LogP contribution in [0.15, 0.2) is 42.6 Å². The van der Waals surface area contributed by atoms with E-state index in [1.165, 1.54) is 36.5 Å². The van der Waals surface area contributed by atoms with E-state index in [-0.39, 0.29) is 36.0 Å². The summed E-state index contributed by atoms with van der Waals surface area (Å²) in [4.78, 5) is 35.0. The van der Waals surface area contributed by atoms with Gasteiger partial charge in [-0.15, -0.1) is 13.2 Å². The third kappa shape index (κ3) is 6.94. The average molecular weight is 383 g/mol. The van der Waals surface area contributed by atoms with Crippen molar-refractivity contribution in [1.29, 1.82) is 0 Å². The lowest BCUT2D eigenvalue weighted by Crippen LogP contribution is -2.23. The molecule has 7 nitrogen and oxygen atoms in total. The number of halogens is 3. The highest BCUT2D eigenvalue weighted by Crippen LogP contribution is 2.20. The van der Waals surface area contributed by atoms with Crippen LogP contribution in [0, 0.1) is 0 Å². The van der Waals surface area contributed by atoms with E-state index < -0.39 is 12.3 Å². The number of hydrogen-bond donors (Lipinski definition) is 2. The van der Waals surface area contributed by atoms with E-state index in [1.54, 1.807) is 13.0 Å². The summed E-state index contributed by atoms with van der Waals surface area (Å²) in [6.45, 7) is 1.73. The lowest BCUT2D eigenvalue weighted by atomic mass is 10.2. The second-order valence-electron chi connectivity index (χ2n) is 5.27. The number of benzene rings is 1. The molecule has 2 amide bonds. The van der Waals surface area contributed by atoms with Crippen molar-refractivity contribution in [2.45, 2.75) is 26.3 Å². The normalized spacial score (nSPS) is 11.0. The van der Waals surface area contributed by atoms with Gasteiger partial charge in [-0.2, -0.15) is 0 Å². The van der Waals surface area contributed by atoms with E-state index in [0.717, 1.165) is 0 Å². The van der Waals surface area contributed by atoms with Crippen LogP contribution in [0.2, 0.25) is 0 Å². The van der Waals surface area contributed by atoms with E-state index in [9.17, 15) is 22.8 Å². The molecule has 0 aliphatic carbocycles. The molecule has 0 saturated heterocycles. The summed E-state index contributed by atoms with van der Waals surface area (Å²) in [5, 5.41) is 5.15. The maximum atomic E-state index is 12.2. The van der Waals surface area contributed by atoms with Crippen molar-refractivity contribution in [3.8, 4) is 5.75 Å². The summed E-state index contributed by atoms with van der Waals surface area (Å²) in [7, 11) is 0. The molecule has 1 heterocycles. The number of rotatable bonds is 7. The Kier molecular flexibility index (Phi) is 6.72. The number of alkyl halides is 3. The summed E-state index contributed by atoms with van der Waals surface area (Å²) >= 11 is 0. The number of aromatic nitrogens is 1. The largest absolute Gasteiger partial charge is 0.558 e. The lowest BCUT2D eigenvalue weighted by molar-refractivity contribution is -0.444. The van der Waals surface area contributed by atoms with E-state index in [4.69, 9.17) is 0 Å². The van der Waals surface area contributed by atoms with E-state index >= 15 is 0 Å². The first-order valence-corrected chi connectivity index (χ1v) is 7.82. The number of nitrogens with one attached hydrogen (secondary N) is 2. The molecule has 0 fully saturated rings. The zero-order valence-electron chi connectivity index (χ0n) is 14.2. The minimum atomic E-state index is -4.92. The van der Waals surface area contributed by atoms with Gasteiger partial charge in [0.15, 0.2) is 5.75 Å². The van der Waals surface area contributed by atoms with Crippen molar-refractivity contribution in [3.05, 3.63) is 53.7 Å². The zero-order valence-corrected chi connectivity index (χ0v) is 14.2. The molecule has 0 atom stereocenters. The highest BCUT2D eigenvalue weighted by molar-refractivity contribution is 5.96. The maximum absolute atomic E-state index is 12.2. The van der Waals surface area contributed by atoms with Gasteiger partial charge in [-0.05, 0) is 29.8 Å². The standard InChI is InChI=1S/C17H16F3N3O4/c1-2-15(24)23-14-9-12(6-7-21-14)16(25)22-10-11-4-3-5-13(8-11)26-27-17(18,19)20/h3-9H,2,10H2,1H3,(H,22,25)(H,21,23,24). The minimum absolute atomic E-state index is 0.0427. The number of nitrogens with zero attached hydrogens (tertiary/aromatic N) is 1. The molecule has 10 heteroatoms. The lowest BCUT2D eigenvalue weighted by Gasteiger charge is -2.09. The predicted octanol–water partition coefficient (Wildman–Crippen LogP) is 3.19. The Bertz CT molecular complexity index is 812. The number of pyridine rings is 1. The molecular weight excluding hydrogens is 367 g/mol. The SMILES string of the molecule is CCC(=O)Nc1cc(C(=O)NCc2cccc(OOC(F)(F)F)c2)ccn1. The summed E-state index contributed by atoms with van der Waals surface area (Å²) in [6, 6.07) is 8.52. The third-order valence-electron chi connectivity index (χ3n) is 3.19.